The lowest BCUT2D eigenvalue weighted by atomic mass is 9.99. The molecule has 7 nitrogen and oxygen atoms in total. The van der Waals surface area contributed by atoms with Crippen LogP contribution >= 0.6 is 0 Å². The van der Waals surface area contributed by atoms with E-state index in [0.29, 0.717) is 35.7 Å². The molecule has 0 radical (unpaired) electrons. The van der Waals surface area contributed by atoms with E-state index in [9.17, 15) is 27.2 Å². The number of halogens is 4. The monoisotopic (exact) mass is 523 g/mol. The van der Waals surface area contributed by atoms with Gasteiger partial charge in [0.05, 0.1) is 34.2 Å². The van der Waals surface area contributed by atoms with Gasteiger partial charge in [-0.1, -0.05) is 30.3 Å². The van der Waals surface area contributed by atoms with Crippen LogP contribution in [0, 0.1) is 5.82 Å². The fraction of sp³-hybridized carbons (Fsp3) is 0.185. The number of pyridine rings is 1. The van der Waals surface area contributed by atoms with Crippen LogP contribution in [-0.2, 0) is 18.0 Å². The Labute approximate surface area is 214 Å². The molecule has 194 valence electrons. The number of aryl methyl sites for hydroxylation is 1. The third-order valence-corrected chi connectivity index (χ3v) is 6.25. The maximum Gasteiger partial charge on any atom is 0.417 e. The predicted molar refractivity (Wildman–Crippen MR) is 131 cm³/mol. The molecule has 0 unspecified atom stereocenters. The van der Waals surface area contributed by atoms with Crippen LogP contribution in [-0.4, -0.2) is 26.6 Å². The van der Waals surface area contributed by atoms with Crippen molar-refractivity contribution in [1.29, 1.82) is 0 Å². The van der Waals surface area contributed by atoms with Crippen LogP contribution in [0.1, 0.15) is 40.4 Å². The summed E-state index contributed by atoms with van der Waals surface area (Å²) in [6, 6.07) is 12.7. The average molecular weight is 523 g/mol. The van der Waals surface area contributed by atoms with Gasteiger partial charge in [0.25, 0.3) is 5.91 Å². The summed E-state index contributed by atoms with van der Waals surface area (Å²) in [6.07, 6.45) is -0.942. The summed E-state index contributed by atoms with van der Waals surface area (Å²) in [4.78, 5) is 29.5. The van der Waals surface area contributed by atoms with Gasteiger partial charge in [-0.3, -0.25) is 19.3 Å². The van der Waals surface area contributed by atoms with Gasteiger partial charge in [0, 0.05) is 37.0 Å². The maximum atomic E-state index is 15.0. The molecule has 0 spiro atoms. The number of benzene rings is 2. The van der Waals surface area contributed by atoms with Gasteiger partial charge in [0.2, 0.25) is 5.91 Å². The summed E-state index contributed by atoms with van der Waals surface area (Å²) in [5, 5.41) is 9.46. The molecule has 2 aromatic carbocycles. The van der Waals surface area contributed by atoms with Crippen molar-refractivity contribution in [2.75, 3.05) is 5.32 Å². The summed E-state index contributed by atoms with van der Waals surface area (Å²) in [5.41, 5.74) is -0.413. The second-order valence-corrected chi connectivity index (χ2v) is 8.89. The van der Waals surface area contributed by atoms with Gasteiger partial charge in [0.1, 0.15) is 5.82 Å². The molecule has 1 aliphatic rings. The Morgan fingerprint density at radius 1 is 1.13 bits per heavy atom. The molecule has 0 saturated carbocycles. The van der Waals surface area contributed by atoms with E-state index in [1.165, 1.54) is 24.0 Å². The quantitative estimate of drug-likeness (QED) is 0.338. The van der Waals surface area contributed by atoms with E-state index < -0.39 is 34.6 Å². The molecule has 5 rings (SSSR count). The molecule has 1 atom stereocenters. The number of alkyl halides is 3. The molecule has 1 fully saturated rings. The number of amides is 2. The average Bonchev–Trinajstić information content (AvgIpc) is 3.52. The highest BCUT2D eigenvalue weighted by Crippen LogP contribution is 2.38. The molecule has 2 amide bonds. The first-order valence-electron chi connectivity index (χ1n) is 11.7. The van der Waals surface area contributed by atoms with Crippen molar-refractivity contribution in [1.82, 2.24) is 20.1 Å². The maximum absolute atomic E-state index is 15.0. The minimum absolute atomic E-state index is 0.0560. The Morgan fingerprint density at radius 3 is 2.53 bits per heavy atom. The first-order valence-corrected chi connectivity index (χ1v) is 11.7. The number of nitrogens with zero attached hydrogens (tertiary/aromatic N) is 3. The lowest BCUT2D eigenvalue weighted by molar-refractivity contribution is -0.137. The first kappa shape index (κ1) is 25.1. The molecule has 1 aliphatic heterocycles. The van der Waals surface area contributed by atoms with Crippen molar-refractivity contribution in [3.63, 3.8) is 0 Å². The lowest BCUT2D eigenvalue weighted by Gasteiger charge is -2.17. The van der Waals surface area contributed by atoms with Crippen LogP contribution in [0.3, 0.4) is 0 Å². The number of hydrogen-bond donors (Lipinski definition) is 2. The molecule has 3 heterocycles. The van der Waals surface area contributed by atoms with Crippen molar-refractivity contribution < 1.29 is 27.2 Å². The van der Waals surface area contributed by atoms with Crippen molar-refractivity contribution >= 4 is 17.5 Å². The lowest BCUT2D eigenvalue weighted by Crippen LogP contribution is -2.20. The Bertz CT molecular complexity index is 1530. The number of nitrogens with one attached hydrogen (secondary N) is 2. The molecule has 1 saturated heterocycles. The van der Waals surface area contributed by atoms with Gasteiger partial charge in [-0.25, -0.2) is 4.39 Å². The van der Waals surface area contributed by atoms with Crippen LogP contribution in [0.25, 0.3) is 22.5 Å². The zero-order valence-corrected chi connectivity index (χ0v) is 20.0. The molecule has 2 aromatic heterocycles. The van der Waals surface area contributed by atoms with Gasteiger partial charge < -0.3 is 10.6 Å². The highest BCUT2D eigenvalue weighted by molar-refractivity contribution is 6.07. The molecule has 0 bridgehead atoms. The third-order valence-electron chi connectivity index (χ3n) is 6.25. The summed E-state index contributed by atoms with van der Waals surface area (Å²) in [6.45, 7) is 0. The summed E-state index contributed by atoms with van der Waals surface area (Å²) in [7, 11) is 1.53. The van der Waals surface area contributed by atoms with Crippen LogP contribution in [0.2, 0.25) is 0 Å². The van der Waals surface area contributed by atoms with E-state index >= 15 is 0 Å². The number of carbonyl (C=O) groups is 2. The zero-order valence-electron chi connectivity index (χ0n) is 20.0. The molecular weight excluding hydrogens is 502 g/mol. The van der Waals surface area contributed by atoms with Gasteiger partial charge in [-0.2, -0.15) is 18.3 Å². The fourth-order valence-corrected chi connectivity index (χ4v) is 4.40. The Hall–Kier alpha value is -4.54. The molecule has 4 aromatic rings. The van der Waals surface area contributed by atoms with Crippen molar-refractivity contribution in [3.05, 3.63) is 89.5 Å². The van der Waals surface area contributed by atoms with E-state index in [4.69, 9.17) is 0 Å². The molecule has 2 N–H and O–H groups in total. The van der Waals surface area contributed by atoms with Crippen molar-refractivity contribution in [3.8, 4) is 22.5 Å². The van der Waals surface area contributed by atoms with Crippen LogP contribution in [0.15, 0.2) is 67.0 Å². The first-order chi connectivity index (χ1) is 18.1. The highest BCUT2D eigenvalue weighted by Gasteiger charge is 2.36. The minimum Gasteiger partial charge on any atom is -0.349 e. The molecule has 0 aliphatic carbocycles. The zero-order chi connectivity index (χ0) is 27.0. The summed E-state index contributed by atoms with van der Waals surface area (Å²) >= 11 is 0. The number of hydrogen-bond acceptors (Lipinski definition) is 4. The van der Waals surface area contributed by atoms with E-state index in [1.807, 2.05) is 0 Å². The standard InChI is InChI=1S/C27H21F4N5O2/c1-36-10-9-22(35-36)17-12-18(20(28)13-19(17)27(29,30)31)26(38)34-23-11-16(21-7-8-24(37)33-21)14-32-25(23)15-5-3-2-4-6-15/h2-6,9-14,21H,7-8H2,1H3,(H,33,37)(H,34,38)/t21-/m0/s1. The summed E-state index contributed by atoms with van der Waals surface area (Å²) < 4.78 is 57.4. The van der Waals surface area contributed by atoms with Crippen LogP contribution < -0.4 is 10.6 Å². The topological polar surface area (TPSA) is 88.9 Å². The van der Waals surface area contributed by atoms with Gasteiger partial charge >= 0.3 is 6.18 Å². The number of anilines is 1. The minimum atomic E-state index is -4.87. The highest BCUT2D eigenvalue weighted by atomic mass is 19.4. The van der Waals surface area contributed by atoms with Crippen LogP contribution in [0.4, 0.5) is 23.2 Å². The van der Waals surface area contributed by atoms with E-state index in [1.54, 1.807) is 42.6 Å². The second-order valence-electron chi connectivity index (χ2n) is 8.89. The fourth-order valence-electron chi connectivity index (χ4n) is 4.40. The number of carbonyl (C=O) groups excluding carboxylic acids is 2. The largest absolute Gasteiger partial charge is 0.417 e. The van der Waals surface area contributed by atoms with Gasteiger partial charge in [0.15, 0.2) is 0 Å². The predicted octanol–water partition coefficient (Wildman–Crippen LogP) is 5.51. The van der Waals surface area contributed by atoms with Crippen molar-refractivity contribution in [2.45, 2.75) is 25.1 Å². The van der Waals surface area contributed by atoms with Gasteiger partial charge in [-0.05, 0) is 36.2 Å². The molecule has 11 heteroatoms. The molecular formula is C27H21F4N5O2. The van der Waals surface area contributed by atoms with E-state index in [-0.39, 0.29) is 23.3 Å². The Balaban J connectivity index is 1.57. The SMILES string of the molecule is Cn1ccc(-c2cc(C(=O)Nc3cc([C@@H]4CCC(=O)N4)cnc3-c3ccccc3)c(F)cc2C(F)(F)F)n1. The van der Waals surface area contributed by atoms with E-state index in [2.05, 4.69) is 20.7 Å². The molecule has 38 heavy (non-hydrogen) atoms. The van der Waals surface area contributed by atoms with Gasteiger partial charge in [-0.15, -0.1) is 0 Å². The normalized spacial score (nSPS) is 15.4. The summed E-state index contributed by atoms with van der Waals surface area (Å²) in [5.74, 6) is -2.40. The second kappa shape index (κ2) is 9.73. The van der Waals surface area contributed by atoms with Crippen molar-refractivity contribution in [2.24, 2.45) is 7.05 Å². The smallest absolute Gasteiger partial charge is 0.349 e. The van der Waals surface area contributed by atoms with E-state index in [0.717, 1.165) is 6.07 Å². The number of rotatable bonds is 5. The van der Waals surface area contributed by atoms with Crippen LogP contribution in [0.5, 0.6) is 0 Å². The Morgan fingerprint density at radius 2 is 1.89 bits per heavy atom. The number of aromatic nitrogens is 3. The third kappa shape index (κ3) is 4.99. The Kier molecular flexibility index (Phi) is 6.43.